The summed E-state index contributed by atoms with van der Waals surface area (Å²) in [7, 11) is 1.56. The largest absolute Gasteiger partial charge is 0.504 e. The molecule has 0 saturated carbocycles. The van der Waals surface area contributed by atoms with Gasteiger partial charge in [0, 0.05) is 12.5 Å². The summed E-state index contributed by atoms with van der Waals surface area (Å²) >= 11 is 0. The van der Waals surface area contributed by atoms with Crippen LogP contribution < -0.4 is 15.4 Å². The van der Waals surface area contributed by atoms with Crippen molar-refractivity contribution in [2.75, 3.05) is 19.0 Å². The second-order valence-electron chi connectivity index (χ2n) is 7.79. The van der Waals surface area contributed by atoms with Crippen LogP contribution in [0.4, 0.5) is 5.69 Å². The third kappa shape index (κ3) is 3.57. The molecule has 1 heterocycles. The number of phenols is 1. The molecular weight excluding hydrogens is 364 g/mol. The molecule has 29 heavy (non-hydrogen) atoms. The number of anilines is 1. The molecule has 0 aromatic heterocycles. The highest BCUT2D eigenvalue weighted by molar-refractivity contribution is 6.00. The second kappa shape index (κ2) is 8.19. The Morgan fingerprint density at radius 2 is 2.17 bits per heavy atom. The van der Waals surface area contributed by atoms with Gasteiger partial charge in [-0.3, -0.25) is 4.79 Å². The zero-order valence-electron chi connectivity index (χ0n) is 16.9. The number of carbonyl (C=O) groups is 1. The molecular formula is C24H28N2O3. The third-order valence-corrected chi connectivity index (χ3v) is 6.02. The molecule has 152 valence electrons. The number of hydrogen-bond acceptors (Lipinski definition) is 4. The number of methoxy groups -OCH3 is 1. The summed E-state index contributed by atoms with van der Waals surface area (Å²) in [5.41, 5.74) is 3.82. The van der Waals surface area contributed by atoms with E-state index in [1.807, 2.05) is 24.3 Å². The monoisotopic (exact) mass is 392 g/mol. The summed E-state index contributed by atoms with van der Waals surface area (Å²) in [6, 6.07) is 11.5. The van der Waals surface area contributed by atoms with Crippen molar-refractivity contribution < 1.29 is 14.6 Å². The van der Waals surface area contributed by atoms with Gasteiger partial charge >= 0.3 is 0 Å². The number of carbonyl (C=O) groups excluding carboxylic acids is 1. The van der Waals surface area contributed by atoms with E-state index >= 15 is 0 Å². The zero-order valence-corrected chi connectivity index (χ0v) is 16.9. The summed E-state index contributed by atoms with van der Waals surface area (Å²) in [6.45, 7) is 2.80. The lowest BCUT2D eigenvalue weighted by Gasteiger charge is -2.38. The summed E-state index contributed by atoms with van der Waals surface area (Å²) in [4.78, 5) is 12.8. The lowest BCUT2D eigenvalue weighted by atomic mass is 9.76. The highest BCUT2D eigenvalue weighted by Gasteiger charge is 2.39. The SMILES string of the molecule is CCCCNC(=O)c1cccc2c1NC(c1ccc(O)c(OC)c1)C1CC=CC21. The molecule has 1 aliphatic heterocycles. The maximum atomic E-state index is 12.8. The van der Waals surface area contributed by atoms with Crippen LogP contribution in [0.3, 0.4) is 0 Å². The van der Waals surface area contributed by atoms with Gasteiger partial charge in [-0.05, 0) is 48.1 Å². The highest BCUT2D eigenvalue weighted by atomic mass is 16.5. The molecule has 2 aromatic rings. The van der Waals surface area contributed by atoms with E-state index in [0.29, 0.717) is 23.8 Å². The number of para-hydroxylation sites is 1. The molecule has 0 saturated heterocycles. The number of aromatic hydroxyl groups is 1. The standard InChI is InChI=1S/C24H28N2O3/c1-3-4-13-25-24(28)19-10-6-9-18-16-7-5-8-17(16)22(26-23(18)19)15-11-12-20(27)21(14-15)29-2/h5-7,9-12,14,16-17,22,26-27H,3-4,8,13H2,1-2H3,(H,25,28). The first-order chi connectivity index (χ1) is 14.1. The maximum absolute atomic E-state index is 12.8. The molecule has 0 radical (unpaired) electrons. The van der Waals surface area contributed by atoms with Crippen LogP contribution in [0.15, 0.2) is 48.6 Å². The molecule has 2 aliphatic rings. The number of ether oxygens (including phenoxy) is 1. The number of allylic oxidation sites excluding steroid dienone is 2. The van der Waals surface area contributed by atoms with Gasteiger partial charge in [-0.25, -0.2) is 0 Å². The fourth-order valence-electron chi connectivity index (χ4n) is 4.50. The van der Waals surface area contributed by atoms with E-state index in [1.54, 1.807) is 13.2 Å². The predicted molar refractivity (Wildman–Crippen MR) is 115 cm³/mol. The van der Waals surface area contributed by atoms with Gasteiger partial charge < -0.3 is 20.5 Å². The van der Waals surface area contributed by atoms with Gasteiger partial charge in [-0.2, -0.15) is 0 Å². The van der Waals surface area contributed by atoms with Crippen LogP contribution in [0.1, 0.15) is 59.6 Å². The van der Waals surface area contributed by atoms with Gasteiger partial charge in [0.25, 0.3) is 5.91 Å². The van der Waals surface area contributed by atoms with Crippen molar-refractivity contribution >= 4 is 11.6 Å². The molecule has 1 amide bonds. The van der Waals surface area contributed by atoms with Gasteiger partial charge in [0.2, 0.25) is 0 Å². The molecule has 2 aromatic carbocycles. The van der Waals surface area contributed by atoms with Crippen LogP contribution in [-0.2, 0) is 0 Å². The number of amides is 1. The van der Waals surface area contributed by atoms with Crippen molar-refractivity contribution in [3.63, 3.8) is 0 Å². The van der Waals surface area contributed by atoms with Gasteiger partial charge in [0.05, 0.1) is 24.4 Å². The molecule has 3 unspecified atom stereocenters. The second-order valence-corrected chi connectivity index (χ2v) is 7.79. The first-order valence-corrected chi connectivity index (χ1v) is 10.3. The average molecular weight is 392 g/mol. The molecule has 3 atom stereocenters. The number of fused-ring (bicyclic) bond motifs is 3. The predicted octanol–water partition coefficient (Wildman–Crippen LogP) is 4.76. The minimum Gasteiger partial charge on any atom is -0.504 e. The Kier molecular flexibility index (Phi) is 5.47. The van der Waals surface area contributed by atoms with Crippen molar-refractivity contribution in [3.05, 3.63) is 65.2 Å². The lowest BCUT2D eigenvalue weighted by molar-refractivity contribution is 0.0953. The van der Waals surface area contributed by atoms with Crippen molar-refractivity contribution in [2.45, 2.75) is 38.1 Å². The van der Waals surface area contributed by atoms with E-state index in [9.17, 15) is 9.90 Å². The van der Waals surface area contributed by atoms with E-state index in [-0.39, 0.29) is 23.6 Å². The number of benzene rings is 2. The topological polar surface area (TPSA) is 70.6 Å². The fraction of sp³-hybridized carbons (Fsp3) is 0.375. The van der Waals surface area contributed by atoms with E-state index in [2.05, 4.69) is 35.8 Å². The van der Waals surface area contributed by atoms with E-state index in [0.717, 1.165) is 30.5 Å². The van der Waals surface area contributed by atoms with Crippen molar-refractivity contribution in [1.82, 2.24) is 5.32 Å². The third-order valence-electron chi connectivity index (χ3n) is 6.02. The number of phenolic OH excluding ortho intramolecular Hbond substituents is 1. The number of unbranched alkanes of at least 4 members (excludes halogenated alkanes) is 1. The molecule has 5 heteroatoms. The van der Waals surface area contributed by atoms with Gasteiger partial charge in [-0.1, -0.05) is 43.7 Å². The Labute approximate surface area is 171 Å². The molecule has 1 aliphatic carbocycles. The highest BCUT2D eigenvalue weighted by Crippen LogP contribution is 2.51. The zero-order chi connectivity index (χ0) is 20.4. The molecule has 0 bridgehead atoms. The Bertz CT molecular complexity index is 938. The van der Waals surface area contributed by atoms with Crippen LogP contribution >= 0.6 is 0 Å². The first kappa shape index (κ1) is 19.4. The normalized spacial score (nSPS) is 21.8. The minimum atomic E-state index is -0.0368. The van der Waals surface area contributed by atoms with Gasteiger partial charge in [0.15, 0.2) is 11.5 Å². The van der Waals surface area contributed by atoms with E-state index in [1.165, 1.54) is 5.56 Å². The Hall–Kier alpha value is -2.95. The number of rotatable bonds is 6. The summed E-state index contributed by atoms with van der Waals surface area (Å²) in [5, 5.41) is 16.7. The van der Waals surface area contributed by atoms with Gasteiger partial charge in [0.1, 0.15) is 0 Å². The Morgan fingerprint density at radius 1 is 1.31 bits per heavy atom. The summed E-state index contributed by atoms with van der Waals surface area (Å²) < 4.78 is 5.32. The van der Waals surface area contributed by atoms with E-state index < -0.39 is 0 Å². The number of hydrogen-bond donors (Lipinski definition) is 3. The minimum absolute atomic E-state index is 0.0293. The molecule has 4 rings (SSSR count). The smallest absolute Gasteiger partial charge is 0.253 e. The van der Waals surface area contributed by atoms with Crippen LogP contribution in [0.2, 0.25) is 0 Å². The maximum Gasteiger partial charge on any atom is 0.253 e. The molecule has 5 nitrogen and oxygen atoms in total. The van der Waals surface area contributed by atoms with Crippen molar-refractivity contribution in [3.8, 4) is 11.5 Å². The van der Waals surface area contributed by atoms with Crippen LogP contribution in [0.5, 0.6) is 11.5 Å². The van der Waals surface area contributed by atoms with Crippen LogP contribution in [0.25, 0.3) is 0 Å². The molecule has 3 N–H and O–H groups in total. The van der Waals surface area contributed by atoms with Crippen LogP contribution in [0, 0.1) is 5.92 Å². The quantitative estimate of drug-likeness (QED) is 0.490. The van der Waals surface area contributed by atoms with Crippen molar-refractivity contribution in [1.29, 1.82) is 0 Å². The Morgan fingerprint density at radius 3 is 2.97 bits per heavy atom. The van der Waals surface area contributed by atoms with Crippen molar-refractivity contribution in [2.24, 2.45) is 5.92 Å². The fourth-order valence-corrected chi connectivity index (χ4v) is 4.50. The number of nitrogens with one attached hydrogen (secondary N) is 2. The summed E-state index contributed by atoms with van der Waals surface area (Å²) in [5.74, 6) is 1.17. The first-order valence-electron chi connectivity index (χ1n) is 10.3. The summed E-state index contributed by atoms with van der Waals surface area (Å²) in [6.07, 6.45) is 7.47. The van der Waals surface area contributed by atoms with E-state index in [4.69, 9.17) is 4.74 Å². The average Bonchev–Trinajstić information content (AvgIpc) is 3.23. The molecule has 0 fully saturated rings. The molecule has 0 spiro atoms. The lowest BCUT2D eigenvalue weighted by Crippen LogP contribution is -2.32. The van der Waals surface area contributed by atoms with Gasteiger partial charge in [-0.15, -0.1) is 0 Å². The van der Waals surface area contributed by atoms with Crippen LogP contribution in [-0.4, -0.2) is 24.7 Å². The Balaban J connectivity index is 1.71.